The highest BCUT2D eigenvalue weighted by atomic mass is 16.5. The Hall–Kier alpha value is -1.75. The van der Waals surface area contributed by atoms with Gasteiger partial charge in [0.25, 0.3) is 0 Å². The van der Waals surface area contributed by atoms with Crippen LogP contribution < -0.4 is 15.0 Å². The molecule has 1 fully saturated rings. The Morgan fingerprint density at radius 1 is 1.45 bits per heavy atom. The first-order chi connectivity index (χ1) is 10.7. The van der Waals surface area contributed by atoms with E-state index >= 15 is 0 Å². The van der Waals surface area contributed by atoms with Crippen molar-refractivity contribution in [2.24, 2.45) is 0 Å². The Bertz CT molecular complexity index is 479. The second kappa shape index (κ2) is 8.63. The van der Waals surface area contributed by atoms with Gasteiger partial charge in [0, 0.05) is 43.9 Å². The van der Waals surface area contributed by atoms with E-state index in [0.717, 1.165) is 37.4 Å². The largest absolute Gasteiger partial charge is 0.497 e. The smallest absolute Gasteiger partial charge is 0.222 e. The van der Waals surface area contributed by atoms with Gasteiger partial charge in [-0.25, -0.2) is 0 Å². The highest BCUT2D eigenvalue weighted by Crippen LogP contribution is 2.24. The predicted molar refractivity (Wildman–Crippen MR) is 87.5 cm³/mol. The van der Waals surface area contributed by atoms with E-state index in [1.54, 1.807) is 7.11 Å². The fourth-order valence-electron chi connectivity index (χ4n) is 2.75. The SMILES string of the molecule is CCOCCC(=O)N[C@@H]1CCCN(c2cccc(OC)c2)C1. The molecule has 1 N–H and O–H groups in total. The van der Waals surface area contributed by atoms with Crippen LogP contribution >= 0.6 is 0 Å². The molecule has 0 radical (unpaired) electrons. The fraction of sp³-hybridized carbons (Fsp3) is 0.588. The molecule has 1 aliphatic rings. The number of piperidine rings is 1. The summed E-state index contributed by atoms with van der Waals surface area (Å²) in [5.74, 6) is 0.936. The highest BCUT2D eigenvalue weighted by molar-refractivity contribution is 5.76. The van der Waals surface area contributed by atoms with Gasteiger partial charge in [-0.3, -0.25) is 4.79 Å². The standard InChI is InChI=1S/C17H26N2O3/c1-3-22-11-9-17(20)18-14-6-5-10-19(13-14)15-7-4-8-16(12-15)21-2/h4,7-8,12,14H,3,5-6,9-11,13H2,1-2H3,(H,18,20)/t14-/m1/s1. The third kappa shape index (κ3) is 4.91. The molecule has 0 aliphatic carbocycles. The Labute approximate surface area is 132 Å². The first kappa shape index (κ1) is 16.6. The number of ether oxygens (including phenoxy) is 2. The van der Waals surface area contributed by atoms with Crippen molar-refractivity contribution in [2.45, 2.75) is 32.2 Å². The van der Waals surface area contributed by atoms with Gasteiger partial charge >= 0.3 is 0 Å². The number of hydrogen-bond acceptors (Lipinski definition) is 4. The number of carbonyl (C=O) groups excluding carboxylic acids is 1. The van der Waals surface area contributed by atoms with E-state index in [2.05, 4.69) is 16.3 Å². The molecule has 22 heavy (non-hydrogen) atoms. The molecular formula is C17H26N2O3. The zero-order chi connectivity index (χ0) is 15.8. The first-order valence-electron chi connectivity index (χ1n) is 7.99. The maximum atomic E-state index is 11.9. The van der Waals surface area contributed by atoms with E-state index in [1.807, 2.05) is 25.1 Å². The average molecular weight is 306 g/mol. The van der Waals surface area contributed by atoms with Crippen LogP contribution in [0.2, 0.25) is 0 Å². The van der Waals surface area contributed by atoms with E-state index in [1.165, 1.54) is 0 Å². The van der Waals surface area contributed by atoms with Crippen molar-refractivity contribution in [3.8, 4) is 5.75 Å². The molecule has 0 aromatic heterocycles. The van der Waals surface area contributed by atoms with Gasteiger partial charge in [-0.15, -0.1) is 0 Å². The van der Waals surface area contributed by atoms with Crippen molar-refractivity contribution < 1.29 is 14.3 Å². The Kier molecular flexibility index (Phi) is 6.52. The van der Waals surface area contributed by atoms with E-state index in [-0.39, 0.29) is 11.9 Å². The lowest BCUT2D eigenvalue weighted by molar-refractivity contribution is -0.122. The summed E-state index contributed by atoms with van der Waals surface area (Å²) in [7, 11) is 1.68. The molecule has 2 rings (SSSR count). The zero-order valence-corrected chi connectivity index (χ0v) is 13.5. The number of amides is 1. The molecule has 1 aromatic rings. The Balaban J connectivity index is 1.87. The molecule has 1 aliphatic heterocycles. The summed E-state index contributed by atoms with van der Waals surface area (Å²) in [6.45, 7) is 4.94. The molecule has 1 amide bonds. The Morgan fingerprint density at radius 3 is 3.09 bits per heavy atom. The lowest BCUT2D eigenvalue weighted by atomic mass is 10.0. The van der Waals surface area contributed by atoms with Gasteiger partial charge in [-0.05, 0) is 31.9 Å². The zero-order valence-electron chi connectivity index (χ0n) is 13.5. The van der Waals surface area contributed by atoms with Crippen LogP contribution in [0.1, 0.15) is 26.2 Å². The molecule has 0 saturated carbocycles. The van der Waals surface area contributed by atoms with Gasteiger partial charge in [0.1, 0.15) is 5.75 Å². The van der Waals surface area contributed by atoms with E-state index in [9.17, 15) is 4.79 Å². The molecular weight excluding hydrogens is 280 g/mol. The van der Waals surface area contributed by atoms with Gasteiger partial charge in [-0.1, -0.05) is 6.07 Å². The summed E-state index contributed by atoms with van der Waals surface area (Å²) in [5.41, 5.74) is 1.15. The minimum atomic E-state index is 0.0749. The van der Waals surface area contributed by atoms with Gasteiger partial charge < -0.3 is 19.7 Å². The van der Waals surface area contributed by atoms with Crippen molar-refractivity contribution in [3.05, 3.63) is 24.3 Å². The molecule has 5 heteroatoms. The van der Waals surface area contributed by atoms with Crippen LogP contribution in [0.5, 0.6) is 5.75 Å². The fourth-order valence-corrected chi connectivity index (χ4v) is 2.75. The van der Waals surface area contributed by atoms with Crippen molar-refractivity contribution in [2.75, 3.05) is 38.3 Å². The lowest BCUT2D eigenvalue weighted by Crippen LogP contribution is -2.48. The summed E-state index contributed by atoms with van der Waals surface area (Å²) in [6, 6.07) is 8.27. The molecule has 0 unspecified atom stereocenters. The number of nitrogens with zero attached hydrogens (tertiary/aromatic N) is 1. The molecule has 5 nitrogen and oxygen atoms in total. The first-order valence-corrected chi connectivity index (χ1v) is 7.99. The van der Waals surface area contributed by atoms with Gasteiger partial charge in [0.2, 0.25) is 5.91 Å². The van der Waals surface area contributed by atoms with Crippen molar-refractivity contribution in [1.82, 2.24) is 5.32 Å². The number of rotatable bonds is 7. The molecule has 122 valence electrons. The number of hydrogen-bond donors (Lipinski definition) is 1. The minimum Gasteiger partial charge on any atom is -0.497 e. The van der Waals surface area contributed by atoms with Crippen LogP contribution in [-0.2, 0) is 9.53 Å². The van der Waals surface area contributed by atoms with Gasteiger partial charge in [0.05, 0.1) is 13.7 Å². The van der Waals surface area contributed by atoms with Crippen LogP contribution in [0.25, 0.3) is 0 Å². The topological polar surface area (TPSA) is 50.8 Å². The number of benzene rings is 1. The number of nitrogens with one attached hydrogen (secondary N) is 1. The lowest BCUT2D eigenvalue weighted by Gasteiger charge is -2.35. The van der Waals surface area contributed by atoms with Crippen LogP contribution in [0.3, 0.4) is 0 Å². The molecule has 0 bridgehead atoms. The quantitative estimate of drug-likeness (QED) is 0.785. The predicted octanol–water partition coefficient (Wildman–Crippen LogP) is 2.21. The van der Waals surface area contributed by atoms with Gasteiger partial charge in [-0.2, -0.15) is 0 Å². The van der Waals surface area contributed by atoms with E-state index < -0.39 is 0 Å². The molecule has 1 saturated heterocycles. The maximum absolute atomic E-state index is 11.9. The number of methoxy groups -OCH3 is 1. The third-order valence-electron chi connectivity index (χ3n) is 3.88. The Morgan fingerprint density at radius 2 is 2.32 bits per heavy atom. The summed E-state index contributed by atoms with van der Waals surface area (Å²) < 4.78 is 10.5. The molecule has 1 atom stereocenters. The number of anilines is 1. The van der Waals surface area contributed by atoms with Gasteiger partial charge in [0.15, 0.2) is 0 Å². The van der Waals surface area contributed by atoms with Crippen molar-refractivity contribution in [1.29, 1.82) is 0 Å². The second-order valence-corrected chi connectivity index (χ2v) is 5.50. The highest BCUT2D eigenvalue weighted by Gasteiger charge is 2.21. The maximum Gasteiger partial charge on any atom is 0.222 e. The minimum absolute atomic E-state index is 0.0749. The third-order valence-corrected chi connectivity index (χ3v) is 3.88. The van der Waals surface area contributed by atoms with Crippen molar-refractivity contribution >= 4 is 11.6 Å². The normalized spacial score (nSPS) is 18.1. The van der Waals surface area contributed by atoms with Crippen LogP contribution in [0.4, 0.5) is 5.69 Å². The van der Waals surface area contributed by atoms with E-state index in [4.69, 9.17) is 9.47 Å². The van der Waals surface area contributed by atoms with Crippen LogP contribution in [0, 0.1) is 0 Å². The van der Waals surface area contributed by atoms with Crippen LogP contribution in [0.15, 0.2) is 24.3 Å². The summed E-state index contributed by atoms with van der Waals surface area (Å²) in [5, 5.41) is 3.11. The van der Waals surface area contributed by atoms with Crippen LogP contribution in [-0.4, -0.2) is 45.4 Å². The summed E-state index contributed by atoms with van der Waals surface area (Å²) >= 11 is 0. The molecule has 0 spiro atoms. The average Bonchev–Trinajstić information content (AvgIpc) is 2.55. The second-order valence-electron chi connectivity index (χ2n) is 5.50. The summed E-state index contributed by atoms with van der Waals surface area (Å²) in [4.78, 5) is 14.2. The van der Waals surface area contributed by atoms with E-state index in [0.29, 0.717) is 19.6 Å². The summed E-state index contributed by atoms with van der Waals surface area (Å²) in [6.07, 6.45) is 2.54. The van der Waals surface area contributed by atoms with Crippen molar-refractivity contribution in [3.63, 3.8) is 0 Å². The molecule has 1 heterocycles. The molecule has 1 aromatic carbocycles. The monoisotopic (exact) mass is 306 g/mol. The number of carbonyl (C=O) groups is 1.